The van der Waals surface area contributed by atoms with Crippen molar-refractivity contribution in [3.63, 3.8) is 0 Å². The second-order valence-electron chi connectivity index (χ2n) is 6.39. The molecule has 2 aromatic rings. The van der Waals surface area contributed by atoms with Gasteiger partial charge in [-0.3, -0.25) is 9.59 Å². The molecule has 2 amide bonds. The Labute approximate surface area is 142 Å². The lowest BCUT2D eigenvalue weighted by atomic mass is 9.89. The van der Waals surface area contributed by atoms with E-state index in [4.69, 9.17) is 0 Å². The Kier molecular flexibility index (Phi) is 4.38. The molecule has 0 saturated heterocycles. The Bertz CT molecular complexity index is 770. The molecule has 0 bridgehead atoms. The number of nitrogens with zero attached hydrogens (tertiary/aromatic N) is 1. The van der Waals surface area contributed by atoms with Crippen LogP contribution in [0.25, 0.3) is 0 Å². The van der Waals surface area contributed by atoms with Crippen molar-refractivity contribution >= 4 is 17.5 Å². The van der Waals surface area contributed by atoms with Gasteiger partial charge in [0.25, 0.3) is 5.91 Å². The predicted octanol–water partition coefficient (Wildman–Crippen LogP) is 3.61. The molecule has 2 unspecified atom stereocenters. The van der Waals surface area contributed by atoms with E-state index < -0.39 is 0 Å². The quantitative estimate of drug-likeness (QED) is 0.918. The number of amides is 2. The molecule has 0 spiro atoms. The average Bonchev–Trinajstić information content (AvgIpc) is 2.55. The zero-order chi connectivity index (χ0) is 17.3. The van der Waals surface area contributed by atoms with E-state index in [-0.39, 0.29) is 23.9 Å². The van der Waals surface area contributed by atoms with Crippen LogP contribution in [0.4, 0.5) is 5.69 Å². The number of fused-ring (bicyclic) bond motifs is 1. The van der Waals surface area contributed by atoms with E-state index in [2.05, 4.69) is 5.32 Å². The topological polar surface area (TPSA) is 49.4 Å². The first-order valence-electron chi connectivity index (χ1n) is 8.24. The van der Waals surface area contributed by atoms with Gasteiger partial charge >= 0.3 is 0 Å². The van der Waals surface area contributed by atoms with Gasteiger partial charge in [-0.05, 0) is 43.5 Å². The Morgan fingerprint density at radius 1 is 1.08 bits per heavy atom. The normalized spacial score (nSPS) is 19.5. The summed E-state index contributed by atoms with van der Waals surface area (Å²) in [5.74, 6) is -0.0533. The lowest BCUT2D eigenvalue weighted by molar-refractivity contribution is -0.119. The molecule has 2 aromatic carbocycles. The van der Waals surface area contributed by atoms with Gasteiger partial charge in [0.2, 0.25) is 5.91 Å². The van der Waals surface area contributed by atoms with Crippen LogP contribution < -0.4 is 10.2 Å². The van der Waals surface area contributed by atoms with Crippen LogP contribution >= 0.6 is 0 Å². The molecule has 1 aliphatic heterocycles. The monoisotopic (exact) mass is 322 g/mol. The van der Waals surface area contributed by atoms with E-state index >= 15 is 0 Å². The second-order valence-corrected chi connectivity index (χ2v) is 6.39. The highest BCUT2D eigenvalue weighted by molar-refractivity contribution is 6.07. The summed E-state index contributed by atoms with van der Waals surface area (Å²) in [4.78, 5) is 26.5. The molecule has 0 aromatic heterocycles. The van der Waals surface area contributed by atoms with Gasteiger partial charge in [0, 0.05) is 18.5 Å². The van der Waals surface area contributed by atoms with Gasteiger partial charge in [0.1, 0.15) is 0 Å². The summed E-state index contributed by atoms with van der Waals surface area (Å²) in [7, 11) is 0. The van der Waals surface area contributed by atoms with E-state index in [0.717, 1.165) is 16.8 Å². The van der Waals surface area contributed by atoms with Crippen molar-refractivity contribution in [2.24, 2.45) is 0 Å². The van der Waals surface area contributed by atoms with Crippen molar-refractivity contribution < 1.29 is 9.59 Å². The second kappa shape index (κ2) is 6.48. The largest absolute Gasteiger partial charge is 0.349 e. The predicted molar refractivity (Wildman–Crippen MR) is 95.1 cm³/mol. The number of nitrogens with one attached hydrogen (secondary N) is 1. The van der Waals surface area contributed by atoms with Crippen molar-refractivity contribution in [2.45, 2.75) is 39.3 Å². The van der Waals surface area contributed by atoms with E-state index in [1.165, 1.54) is 6.92 Å². The molecular formula is C20H22N2O2. The van der Waals surface area contributed by atoms with Crippen molar-refractivity contribution in [2.75, 3.05) is 4.90 Å². The van der Waals surface area contributed by atoms with Gasteiger partial charge in [-0.2, -0.15) is 0 Å². The fourth-order valence-corrected chi connectivity index (χ4v) is 3.49. The lowest BCUT2D eigenvalue weighted by Gasteiger charge is -2.40. The first-order chi connectivity index (χ1) is 11.5. The summed E-state index contributed by atoms with van der Waals surface area (Å²) >= 11 is 0. The minimum Gasteiger partial charge on any atom is -0.349 e. The Morgan fingerprint density at radius 3 is 2.46 bits per heavy atom. The van der Waals surface area contributed by atoms with Crippen LogP contribution in [0.3, 0.4) is 0 Å². The van der Waals surface area contributed by atoms with Gasteiger partial charge in [-0.15, -0.1) is 0 Å². The zero-order valence-electron chi connectivity index (χ0n) is 14.2. The Hall–Kier alpha value is -2.62. The average molecular weight is 322 g/mol. The smallest absolute Gasteiger partial charge is 0.258 e. The molecule has 1 heterocycles. The first kappa shape index (κ1) is 16.2. The molecule has 1 aliphatic rings. The number of carbonyl (C=O) groups is 2. The third-order valence-corrected chi connectivity index (χ3v) is 4.52. The fraction of sp³-hybridized carbons (Fsp3) is 0.300. The van der Waals surface area contributed by atoms with Gasteiger partial charge in [-0.25, -0.2) is 0 Å². The number of anilines is 1. The number of para-hydroxylation sites is 1. The zero-order valence-corrected chi connectivity index (χ0v) is 14.2. The molecule has 24 heavy (non-hydrogen) atoms. The van der Waals surface area contributed by atoms with Crippen molar-refractivity contribution in [3.8, 4) is 0 Å². The summed E-state index contributed by atoms with van der Waals surface area (Å²) in [6.07, 6.45) is 0.703. The summed E-state index contributed by atoms with van der Waals surface area (Å²) in [5, 5.41) is 3.02. The molecule has 3 rings (SSSR count). The SMILES string of the molecule is CC(=O)NC1CC(C)N(C(=O)c2ccccc2)c2c(C)cccc21. The molecule has 0 aliphatic carbocycles. The van der Waals surface area contributed by atoms with Gasteiger partial charge < -0.3 is 10.2 Å². The maximum absolute atomic E-state index is 13.1. The highest BCUT2D eigenvalue weighted by atomic mass is 16.2. The Morgan fingerprint density at radius 2 is 1.79 bits per heavy atom. The van der Waals surface area contributed by atoms with Crippen LogP contribution in [0.1, 0.15) is 47.8 Å². The number of rotatable bonds is 2. The highest BCUT2D eigenvalue weighted by Crippen LogP contribution is 2.40. The molecule has 0 saturated carbocycles. The summed E-state index contributed by atoms with van der Waals surface area (Å²) in [6, 6.07) is 15.3. The van der Waals surface area contributed by atoms with Gasteiger partial charge in [-0.1, -0.05) is 36.4 Å². The lowest BCUT2D eigenvalue weighted by Crippen LogP contribution is -2.46. The molecule has 0 fully saturated rings. The van der Waals surface area contributed by atoms with Crippen molar-refractivity contribution in [1.82, 2.24) is 5.32 Å². The highest BCUT2D eigenvalue weighted by Gasteiger charge is 2.35. The van der Waals surface area contributed by atoms with Crippen LogP contribution in [0.2, 0.25) is 0 Å². The maximum atomic E-state index is 13.1. The summed E-state index contributed by atoms with van der Waals surface area (Å²) in [5.41, 5.74) is 3.65. The minimum absolute atomic E-state index is 0.0000694. The fourth-order valence-electron chi connectivity index (χ4n) is 3.49. The van der Waals surface area contributed by atoms with Crippen LogP contribution in [0.15, 0.2) is 48.5 Å². The van der Waals surface area contributed by atoms with Crippen LogP contribution in [0.5, 0.6) is 0 Å². The van der Waals surface area contributed by atoms with Gasteiger partial charge in [0.15, 0.2) is 0 Å². The molecule has 124 valence electrons. The van der Waals surface area contributed by atoms with E-state index in [1.54, 1.807) is 0 Å². The Balaban J connectivity index is 2.08. The third kappa shape index (κ3) is 2.92. The van der Waals surface area contributed by atoms with Crippen LogP contribution in [0, 0.1) is 6.92 Å². The summed E-state index contributed by atoms with van der Waals surface area (Å²) < 4.78 is 0. The molecule has 2 atom stereocenters. The van der Waals surface area contributed by atoms with Crippen LogP contribution in [-0.4, -0.2) is 17.9 Å². The number of benzene rings is 2. The maximum Gasteiger partial charge on any atom is 0.258 e. The van der Waals surface area contributed by atoms with Crippen molar-refractivity contribution in [1.29, 1.82) is 0 Å². The van der Waals surface area contributed by atoms with Crippen LogP contribution in [-0.2, 0) is 4.79 Å². The van der Waals surface area contributed by atoms with E-state index in [0.29, 0.717) is 12.0 Å². The molecular weight excluding hydrogens is 300 g/mol. The molecule has 1 N–H and O–H groups in total. The van der Waals surface area contributed by atoms with E-state index in [1.807, 2.05) is 67.3 Å². The standard InChI is InChI=1S/C20H22N2O2/c1-13-8-7-11-17-18(21-15(3)23)12-14(2)22(19(13)17)20(24)16-9-5-4-6-10-16/h4-11,14,18H,12H2,1-3H3,(H,21,23). The number of hydrogen-bond donors (Lipinski definition) is 1. The molecule has 4 nitrogen and oxygen atoms in total. The molecule has 0 radical (unpaired) electrons. The number of carbonyl (C=O) groups excluding carboxylic acids is 2. The minimum atomic E-state index is -0.0628. The van der Waals surface area contributed by atoms with E-state index in [9.17, 15) is 9.59 Å². The third-order valence-electron chi connectivity index (χ3n) is 4.52. The first-order valence-corrected chi connectivity index (χ1v) is 8.24. The number of aryl methyl sites for hydroxylation is 1. The van der Waals surface area contributed by atoms with Gasteiger partial charge in [0.05, 0.1) is 11.7 Å². The van der Waals surface area contributed by atoms with Crippen molar-refractivity contribution in [3.05, 3.63) is 65.2 Å². The molecule has 4 heteroatoms. The summed E-state index contributed by atoms with van der Waals surface area (Å²) in [6.45, 7) is 5.57. The number of hydrogen-bond acceptors (Lipinski definition) is 2.